The van der Waals surface area contributed by atoms with Crippen LogP contribution >= 0.6 is 0 Å². The molecule has 0 saturated carbocycles. The van der Waals surface area contributed by atoms with Crippen molar-refractivity contribution in [2.75, 3.05) is 0 Å². The van der Waals surface area contributed by atoms with E-state index in [0.717, 1.165) is 42.9 Å². The molecule has 22 heavy (non-hydrogen) atoms. The Morgan fingerprint density at radius 2 is 1.36 bits per heavy atom. The minimum absolute atomic E-state index is 0.297. The highest BCUT2D eigenvalue weighted by Gasteiger charge is 2.18. The summed E-state index contributed by atoms with van der Waals surface area (Å²) in [5, 5.41) is 10.3. The van der Waals surface area contributed by atoms with Gasteiger partial charge in [0.15, 0.2) is 11.2 Å². The van der Waals surface area contributed by atoms with E-state index in [9.17, 15) is 14.7 Å². The molecule has 118 valence electrons. The van der Waals surface area contributed by atoms with Crippen LogP contribution in [-0.2, 0) is 25.7 Å². The van der Waals surface area contributed by atoms with Crippen LogP contribution in [0.1, 0.15) is 49.9 Å². The molecule has 0 atom stereocenters. The van der Waals surface area contributed by atoms with E-state index in [1.165, 1.54) is 11.1 Å². The van der Waals surface area contributed by atoms with Crippen LogP contribution in [0.5, 0.6) is 5.75 Å². The molecule has 0 spiro atoms. The smallest absolute Gasteiger partial charge is 0.290 e. The number of aromatic nitrogens is 1. The quantitative estimate of drug-likeness (QED) is 0.912. The second-order valence-corrected chi connectivity index (χ2v) is 5.43. The summed E-state index contributed by atoms with van der Waals surface area (Å²) in [5.74, 6) is -0.526. The average Bonchev–Trinajstić information content (AvgIpc) is 2.62. The minimum Gasteiger partial charge on any atom is -0.503 e. The first-order chi connectivity index (χ1) is 10.5. The van der Waals surface area contributed by atoms with Gasteiger partial charge in [-0.25, -0.2) is 0 Å². The zero-order valence-electron chi connectivity index (χ0n) is 13.7. The maximum absolute atomic E-state index is 12.5. The predicted molar refractivity (Wildman–Crippen MR) is 90.0 cm³/mol. The molecule has 0 saturated heterocycles. The summed E-state index contributed by atoms with van der Waals surface area (Å²) < 4.78 is 0. The number of rotatable bonds is 4. The number of aromatic amines is 1. The Bertz CT molecular complexity index is 834. The normalized spacial score (nSPS) is 11.1. The van der Waals surface area contributed by atoms with Crippen molar-refractivity contribution in [2.24, 2.45) is 0 Å². The Morgan fingerprint density at radius 3 is 1.86 bits per heavy atom. The topological polar surface area (TPSA) is 70.2 Å². The Labute approximate surface area is 129 Å². The first kappa shape index (κ1) is 16.3. The van der Waals surface area contributed by atoms with Crippen LogP contribution in [0.2, 0.25) is 0 Å². The highest BCUT2D eigenvalue weighted by atomic mass is 16.3. The average molecular weight is 301 g/mol. The van der Waals surface area contributed by atoms with Crippen LogP contribution in [0.3, 0.4) is 0 Å². The van der Waals surface area contributed by atoms with Crippen LogP contribution in [0.15, 0.2) is 15.7 Å². The lowest BCUT2D eigenvalue weighted by Gasteiger charge is -2.18. The molecule has 0 aliphatic carbocycles. The summed E-state index contributed by atoms with van der Waals surface area (Å²) in [7, 11) is 0. The van der Waals surface area contributed by atoms with Crippen molar-refractivity contribution < 1.29 is 5.11 Å². The van der Waals surface area contributed by atoms with E-state index in [0.29, 0.717) is 10.9 Å². The molecule has 0 unspecified atom stereocenters. The van der Waals surface area contributed by atoms with Gasteiger partial charge in [0.2, 0.25) is 0 Å². The monoisotopic (exact) mass is 301 g/mol. The summed E-state index contributed by atoms with van der Waals surface area (Å²) in [4.78, 5) is 27.3. The molecule has 1 aromatic heterocycles. The van der Waals surface area contributed by atoms with Crippen molar-refractivity contribution in [1.29, 1.82) is 0 Å². The minimum atomic E-state index is -0.616. The van der Waals surface area contributed by atoms with E-state index in [1.54, 1.807) is 0 Å². The number of nitrogens with one attached hydrogen (secondary N) is 1. The maximum Gasteiger partial charge on any atom is 0.290 e. The molecule has 1 aromatic carbocycles. The Kier molecular flexibility index (Phi) is 4.69. The van der Waals surface area contributed by atoms with E-state index < -0.39 is 11.3 Å². The third-order valence-corrected chi connectivity index (χ3v) is 4.35. The van der Waals surface area contributed by atoms with Gasteiger partial charge in [-0.2, -0.15) is 0 Å². The number of aryl methyl sites for hydroxylation is 2. The highest BCUT2D eigenvalue weighted by Crippen LogP contribution is 2.29. The molecule has 0 radical (unpaired) electrons. The summed E-state index contributed by atoms with van der Waals surface area (Å²) in [6.07, 6.45) is 3.16. The van der Waals surface area contributed by atoms with Crippen LogP contribution < -0.4 is 11.0 Å². The molecule has 0 fully saturated rings. The number of benzene rings is 1. The van der Waals surface area contributed by atoms with Crippen LogP contribution in [0.25, 0.3) is 10.9 Å². The summed E-state index contributed by atoms with van der Waals surface area (Å²) in [6.45, 7) is 8.22. The maximum atomic E-state index is 12.5. The Hall–Kier alpha value is -2.10. The second-order valence-electron chi connectivity index (χ2n) is 5.43. The van der Waals surface area contributed by atoms with E-state index in [-0.39, 0.29) is 5.43 Å². The third-order valence-electron chi connectivity index (χ3n) is 4.35. The van der Waals surface area contributed by atoms with Crippen molar-refractivity contribution in [2.45, 2.75) is 53.4 Å². The van der Waals surface area contributed by atoms with Crippen molar-refractivity contribution in [3.8, 4) is 5.75 Å². The molecule has 1 heterocycles. The fourth-order valence-corrected chi connectivity index (χ4v) is 3.45. The number of H-pyrrole nitrogens is 1. The van der Waals surface area contributed by atoms with Gasteiger partial charge in [0.25, 0.3) is 5.56 Å². The Morgan fingerprint density at radius 1 is 0.864 bits per heavy atom. The SMILES string of the molecule is CCc1c(CC)c(CC)c2c(=O)cc(O)c(=O)[nH]c2c1CC. The lowest BCUT2D eigenvalue weighted by atomic mass is 9.87. The molecule has 0 aliphatic rings. The molecule has 0 aliphatic heterocycles. The standard InChI is InChI=1S/C18H23NO3/c1-5-10-11(6-2)13(8-4)17-16(12(10)7-3)14(20)9-15(21)18(22)19-17/h9,21H,5-8H2,1-4H3,(H,19,22). The molecule has 4 nitrogen and oxygen atoms in total. The van der Waals surface area contributed by atoms with Gasteiger partial charge in [-0.05, 0) is 47.9 Å². The van der Waals surface area contributed by atoms with E-state index >= 15 is 0 Å². The van der Waals surface area contributed by atoms with Gasteiger partial charge in [-0.15, -0.1) is 0 Å². The van der Waals surface area contributed by atoms with Crippen LogP contribution in [0.4, 0.5) is 0 Å². The van der Waals surface area contributed by atoms with Gasteiger partial charge >= 0.3 is 0 Å². The first-order valence-electron chi connectivity index (χ1n) is 7.95. The second kappa shape index (κ2) is 6.34. The summed E-state index contributed by atoms with van der Waals surface area (Å²) >= 11 is 0. The molecular weight excluding hydrogens is 278 g/mol. The lowest BCUT2D eigenvalue weighted by molar-refractivity contribution is 0.468. The predicted octanol–water partition coefficient (Wildman–Crippen LogP) is 2.84. The molecular formula is C18H23NO3. The van der Waals surface area contributed by atoms with E-state index in [2.05, 4.69) is 18.8 Å². The number of hydrogen-bond acceptors (Lipinski definition) is 3. The summed E-state index contributed by atoms with van der Waals surface area (Å²) in [5.41, 5.74) is 4.10. The van der Waals surface area contributed by atoms with E-state index in [4.69, 9.17) is 0 Å². The highest BCUT2D eigenvalue weighted by molar-refractivity contribution is 5.87. The molecule has 2 aromatic rings. The van der Waals surface area contributed by atoms with Gasteiger partial charge in [0.05, 0.1) is 5.52 Å². The van der Waals surface area contributed by atoms with Crippen LogP contribution in [-0.4, -0.2) is 10.1 Å². The first-order valence-corrected chi connectivity index (χ1v) is 7.95. The zero-order valence-corrected chi connectivity index (χ0v) is 13.7. The van der Waals surface area contributed by atoms with Gasteiger partial charge in [-0.3, -0.25) is 9.59 Å². The molecule has 2 rings (SSSR count). The van der Waals surface area contributed by atoms with Crippen LogP contribution in [0, 0.1) is 0 Å². The van der Waals surface area contributed by atoms with Gasteiger partial charge < -0.3 is 10.1 Å². The molecule has 2 N–H and O–H groups in total. The van der Waals surface area contributed by atoms with Gasteiger partial charge in [0.1, 0.15) is 0 Å². The summed E-state index contributed by atoms with van der Waals surface area (Å²) in [6, 6.07) is 1.03. The number of hydrogen-bond donors (Lipinski definition) is 2. The van der Waals surface area contributed by atoms with Gasteiger partial charge in [-0.1, -0.05) is 27.7 Å². The van der Waals surface area contributed by atoms with Crippen molar-refractivity contribution >= 4 is 10.9 Å². The lowest BCUT2D eigenvalue weighted by Crippen LogP contribution is -2.10. The third kappa shape index (κ3) is 2.43. The van der Waals surface area contributed by atoms with Crippen molar-refractivity contribution in [3.63, 3.8) is 0 Å². The van der Waals surface area contributed by atoms with Crippen molar-refractivity contribution in [3.05, 3.63) is 48.9 Å². The molecule has 0 bridgehead atoms. The zero-order chi connectivity index (χ0) is 16.4. The molecule has 0 amide bonds. The van der Waals surface area contributed by atoms with Crippen molar-refractivity contribution in [1.82, 2.24) is 4.98 Å². The number of fused-ring (bicyclic) bond motifs is 1. The van der Waals surface area contributed by atoms with Gasteiger partial charge in [0, 0.05) is 11.5 Å². The van der Waals surface area contributed by atoms with E-state index in [1.807, 2.05) is 13.8 Å². The fourth-order valence-electron chi connectivity index (χ4n) is 3.45. The molecule has 4 heteroatoms. The largest absolute Gasteiger partial charge is 0.503 e. The Balaban J connectivity index is 3.25. The fraction of sp³-hybridized carbons (Fsp3) is 0.444. The number of aromatic hydroxyl groups is 1.